The van der Waals surface area contributed by atoms with E-state index in [0.717, 1.165) is 35.0 Å². The van der Waals surface area contributed by atoms with Crippen molar-refractivity contribution in [2.75, 3.05) is 13.7 Å². The van der Waals surface area contributed by atoms with Crippen molar-refractivity contribution in [3.05, 3.63) is 69.8 Å². The van der Waals surface area contributed by atoms with Crippen molar-refractivity contribution in [3.63, 3.8) is 0 Å². The Morgan fingerprint density at radius 3 is 2.00 bits per heavy atom. The Kier molecular flexibility index (Phi) is 6.40. The van der Waals surface area contributed by atoms with Gasteiger partial charge in [-0.3, -0.25) is 29.3 Å². The second-order valence-electron chi connectivity index (χ2n) is 8.30. The third-order valence-electron chi connectivity index (χ3n) is 6.32. The maximum Gasteiger partial charge on any atom is 0.273 e. The summed E-state index contributed by atoms with van der Waals surface area (Å²) in [4.78, 5) is 63.2. The second kappa shape index (κ2) is 9.42. The number of rotatable bonds is 7. The van der Waals surface area contributed by atoms with Crippen LogP contribution in [0.25, 0.3) is 0 Å². The van der Waals surface area contributed by atoms with Crippen LogP contribution in [0.1, 0.15) is 46.4 Å². The monoisotopic (exact) mass is 465 g/mol. The number of non-ortho nitro benzene ring substituents is 1. The second-order valence-corrected chi connectivity index (χ2v) is 8.30. The summed E-state index contributed by atoms with van der Waals surface area (Å²) in [6.07, 6.45) is 2.74. The number of hydrogen-bond donors (Lipinski definition) is 0. The summed E-state index contributed by atoms with van der Waals surface area (Å²) in [6.45, 7) is -0.543. The van der Waals surface area contributed by atoms with Crippen LogP contribution in [0, 0.1) is 22.0 Å². The summed E-state index contributed by atoms with van der Waals surface area (Å²) >= 11 is 0. The average molecular weight is 465 g/mol. The fourth-order valence-electron chi connectivity index (χ4n) is 4.50. The maximum atomic E-state index is 13.4. The molecule has 1 aliphatic heterocycles. The molecule has 0 spiro atoms. The van der Waals surface area contributed by atoms with E-state index in [2.05, 4.69) is 0 Å². The first-order chi connectivity index (χ1) is 16.3. The van der Waals surface area contributed by atoms with E-state index in [9.17, 15) is 29.3 Å². The summed E-state index contributed by atoms with van der Waals surface area (Å²) < 4.78 is 5.09. The quantitative estimate of drug-likeness (QED) is 0.266. The number of nitro groups is 1. The summed E-state index contributed by atoms with van der Waals surface area (Å²) in [5.74, 6) is -2.70. The molecule has 2 aromatic carbocycles. The molecule has 4 rings (SSSR count). The molecular weight excluding hydrogens is 442 g/mol. The van der Waals surface area contributed by atoms with Crippen LogP contribution in [0.4, 0.5) is 5.69 Å². The zero-order valence-electron chi connectivity index (χ0n) is 18.5. The minimum absolute atomic E-state index is 0.0172. The molecule has 1 aliphatic carbocycles. The number of nitro benzene ring substituents is 1. The van der Waals surface area contributed by atoms with Crippen molar-refractivity contribution in [1.29, 1.82) is 0 Å². The Bertz CT molecular complexity index is 1120. The molecule has 34 heavy (non-hydrogen) atoms. The number of Topliss-reactive ketones (excluding diaryl/α,β-unsaturated/α-hetero) is 1. The molecule has 3 amide bonds. The summed E-state index contributed by atoms with van der Waals surface area (Å²) in [6, 6.07) is 11.0. The van der Waals surface area contributed by atoms with Crippen LogP contribution < -0.4 is 4.74 Å². The number of ether oxygens (including phenoxy) is 1. The first-order valence-corrected chi connectivity index (χ1v) is 10.9. The molecule has 0 N–H and O–H groups in total. The minimum Gasteiger partial charge on any atom is -0.497 e. The van der Waals surface area contributed by atoms with Crippen LogP contribution in [-0.4, -0.2) is 52.1 Å². The van der Waals surface area contributed by atoms with Gasteiger partial charge in [0.05, 0.1) is 23.9 Å². The molecule has 0 aromatic heterocycles. The zero-order valence-corrected chi connectivity index (χ0v) is 18.5. The smallest absolute Gasteiger partial charge is 0.273 e. The first kappa shape index (κ1) is 23.1. The highest BCUT2D eigenvalue weighted by Gasteiger charge is 2.51. The topological polar surface area (TPSA) is 127 Å². The standard InChI is InChI=1S/C24H23N3O7/c1-34-18-12-8-15(9-13-18)21(28)14-25(22(29)16-6-10-17(11-7-16)27(32)33)26-23(30)19-4-2-3-5-20(19)24(26)31/h6-13,19-20H,2-5,14H2,1H3/t19-,20-/m1/s1. The fourth-order valence-corrected chi connectivity index (χ4v) is 4.50. The van der Waals surface area contributed by atoms with Crippen molar-refractivity contribution in [3.8, 4) is 5.75 Å². The molecular formula is C24H23N3O7. The van der Waals surface area contributed by atoms with Crippen molar-refractivity contribution in [2.24, 2.45) is 11.8 Å². The molecule has 0 radical (unpaired) electrons. The fraction of sp³-hybridized carbons (Fsp3) is 0.333. The molecule has 2 fully saturated rings. The van der Waals surface area contributed by atoms with E-state index < -0.39 is 46.8 Å². The molecule has 176 valence electrons. The number of hydrazine groups is 1. The summed E-state index contributed by atoms with van der Waals surface area (Å²) in [5, 5.41) is 12.6. The van der Waals surface area contributed by atoms with Gasteiger partial charge in [-0.2, -0.15) is 5.01 Å². The number of amides is 3. The molecule has 1 saturated carbocycles. The predicted molar refractivity (Wildman–Crippen MR) is 119 cm³/mol. The number of benzene rings is 2. The molecule has 2 aliphatic rings. The molecule has 0 unspecified atom stereocenters. The molecule has 2 atom stereocenters. The molecule has 10 heteroatoms. The van der Waals surface area contributed by atoms with Gasteiger partial charge in [0.2, 0.25) is 0 Å². The van der Waals surface area contributed by atoms with E-state index in [1.165, 1.54) is 31.4 Å². The Morgan fingerprint density at radius 2 is 1.50 bits per heavy atom. The molecule has 0 bridgehead atoms. The van der Waals surface area contributed by atoms with Gasteiger partial charge in [-0.25, -0.2) is 5.01 Å². The number of methoxy groups -OCH3 is 1. The van der Waals surface area contributed by atoms with Gasteiger partial charge in [0, 0.05) is 23.3 Å². The van der Waals surface area contributed by atoms with Gasteiger partial charge in [0.25, 0.3) is 23.4 Å². The van der Waals surface area contributed by atoms with Gasteiger partial charge in [0.1, 0.15) is 12.3 Å². The van der Waals surface area contributed by atoms with Crippen molar-refractivity contribution in [2.45, 2.75) is 25.7 Å². The van der Waals surface area contributed by atoms with Crippen molar-refractivity contribution in [1.82, 2.24) is 10.0 Å². The normalized spacial score (nSPS) is 19.5. The van der Waals surface area contributed by atoms with Crippen LogP contribution in [0.5, 0.6) is 5.75 Å². The molecule has 2 aromatic rings. The number of fused-ring (bicyclic) bond motifs is 1. The SMILES string of the molecule is COc1ccc(C(=O)CN(C(=O)c2ccc([N+](=O)[O-])cc2)N2C(=O)[C@@H]3CCCC[C@H]3C2=O)cc1. The van der Waals surface area contributed by atoms with Crippen molar-refractivity contribution < 1.29 is 28.8 Å². The van der Waals surface area contributed by atoms with E-state index in [1.54, 1.807) is 12.1 Å². The van der Waals surface area contributed by atoms with Gasteiger partial charge < -0.3 is 4.74 Å². The molecule has 10 nitrogen and oxygen atoms in total. The Hall–Kier alpha value is -4.08. The number of carbonyl (C=O) groups is 4. The number of hydrogen-bond acceptors (Lipinski definition) is 7. The lowest BCUT2D eigenvalue weighted by atomic mass is 9.81. The lowest BCUT2D eigenvalue weighted by molar-refractivity contribution is -0.384. The van der Waals surface area contributed by atoms with E-state index in [4.69, 9.17) is 4.74 Å². The zero-order chi connectivity index (χ0) is 24.4. The van der Waals surface area contributed by atoms with Crippen LogP contribution in [0.2, 0.25) is 0 Å². The Balaban J connectivity index is 1.67. The third-order valence-corrected chi connectivity index (χ3v) is 6.32. The van der Waals surface area contributed by atoms with E-state index in [0.29, 0.717) is 18.6 Å². The van der Waals surface area contributed by atoms with Gasteiger partial charge >= 0.3 is 0 Å². The number of carbonyl (C=O) groups excluding carboxylic acids is 4. The van der Waals surface area contributed by atoms with Crippen LogP contribution in [0.3, 0.4) is 0 Å². The van der Waals surface area contributed by atoms with E-state index in [1.807, 2.05) is 0 Å². The van der Waals surface area contributed by atoms with E-state index in [-0.39, 0.29) is 16.8 Å². The van der Waals surface area contributed by atoms with Crippen LogP contribution >= 0.6 is 0 Å². The predicted octanol–water partition coefficient (Wildman–Crippen LogP) is 3.02. The minimum atomic E-state index is -0.767. The lowest BCUT2D eigenvalue weighted by Gasteiger charge is -2.30. The Morgan fingerprint density at radius 1 is 0.971 bits per heavy atom. The summed E-state index contributed by atoms with van der Waals surface area (Å²) in [7, 11) is 1.49. The van der Waals surface area contributed by atoms with Gasteiger partial charge in [0.15, 0.2) is 5.78 Å². The van der Waals surface area contributed by atoms with Crippen molar-refractivity contribution >= 4 is 29.2 Å². The lowest BCUT2D eigenvalue weighted by Crippen LogP contribution is -2.52. The maximum absolute atomic E-state index is 13.4. The Labute approximate surface area is 195 Å². The van der Waals surface area contributed by atoms with E-state index >= 15 is 0 Å². The van der Waals surface area contributed by atoms with Gasteiger partial charge in [-0.15, -0.1) is 0 Å². The highest BCUT2D eigenvalue weighted by molar-refractivity contribution is 6.09. The van der Waals surface area contributed by atoms with Gasteiger partial charge in [-0.05, 0) is 49.2 Å². The summed E-state index contributed by atoms with van der Waals surface area (Å²) in [5.41, 5.74) is 0.0826. The highest BCUT2D eigenvalue weighted by atomic mass is 16.6. The average Bonchev–Trinajstić information content (AvgIpc) is 3.12. The number of ketones is 1. The van der Waals surface area contributed by atoms with Crippen LogP contribution in [-0.2, 0) is 9.59 Å². The highest BCUT2D eigenvalue weighted by Crippen LogP contribution is 2.39. The first-order valence-electron chi connectivity index (χ1n) is 10.9. The molecule has 1 heterocycles. The number of imide groups is 1. The number of nitrogens with zero attached hydrogens (tertiary/aromatic N) is 3. The largest absolute Gasteiger partial charge is 0.497 e. The van der Waals surface area contributed by atoms with Crippen LogP contribution in [0.15, 0.2) is 48.5 Å². The molecule has 1 saturated heterocycles. The van der Waals surface area contributed by atoms with Gasteiger partial charge in [-0.1, -0.05) is 12.8 Å². The third kappa shape index (κ3) is 4.26.